The molecule has 15 heavy (non-hydrogen) atoms. The normalized spacial score (nSPS) is 10.7. The minimum absolute atomic E-state index is 0.266. The first-order valence-corrected chi connectivity index (χ1v) is 4.56. The van der Waals surface area contributed by atoms with Gasteiger partial charge in [0, 0.05) is 11.8 Å². The average molecular weight is 208 g/mol. The highest BCUT2D eigenvalue weighted by molar-refractivity contribution is 5.35. The van der Waals surface area contributed by atoms with E-state index in [0.29, 0.717) is 0 Å². The lowest BCUT2D eigenvalue weighted by Crippen LogP contribution is -2.02. The van der Waals surface area contributed by atoms with E-state index >= 15 is 0 Å². The van der Waals surface area contributed by atoms with Gasteiger partial charge in [-0.15, -0.1) is 0 Å². The van der Waals surface area contributed by atoms with Gasteiger partial charge in [-0.2, -0.15) is 5.10 Å². The summed E-state index contributed by atoms with van der Waals surface area (Å²) in [4.78, 5) is 0. The van der Waals surface area contributed by atoms with E-state index in [1.165, 1.54) is 16.8 Å². The number of rotatable bonds is 1. The van der Waals surface area contributed by atoms with Crippen molar-refractivity contribution in [1.82, 2.24) is 9.78 Å². The van der Waals surface area contributed by atoms with Crippen molar-refractivity contribution in [3.63, 3.8) is 0 Å². The summed E-state index contributed by atoms with van der Waals surface area (Å²) in [5.41, 5.74) is 1.89. The highest BCUT2D eigenvalue weighted by Gasteiger charge is 2.09. The SMILES string of the molecule is Cc1cc(C)n(-c2ccc(F)cc2F)n1. The number of aryl methyl sites for hydroxylation is 2. The fraction of sp³-hybridized carbons (Fsp3) is 0.182. The van der Waals surface area contributed by atoms with Gasteiger partial charge in [-0.3, -0.25) is 0 Å². The Bertz CT molecular complexity index is 503. The third kappa shape index (κ3) is 1.75. The fourth-order valence-electron chi connectivity index (χ4n) is 1.53. The van der Waals surface area contributed by atoms with Gasteiger partial charge in [0.2, 0.25) is 0 Å². The highest BCUT2D eigenvalue weighted by Crippen LogP contribution is 2.16. The number of benzene rings is 1. The van der Waals surface area contributed by atoms with E-state index < -0.39 is 11.6 Å². The molecular weight excluding hydrogens is 198 g/mol. The van der Waals surface area contributed by atoms with Crippen LogP contribution in [0.1, 0.15) is 11.4 Å². The van der Waals surface area contributed by atoms with Gasteiger partial charge in [0.15, 0.2) is 5.82 Å². The molecule has 0 saturated heterocycles. The van der Waals surface area contributed by atoms with Crippen molar-refractivity contribution >= 4 is 0 Å². The zero-order chi connectivity index (χ0) is 11.0. The smallest absolute Gasteiger partial charge is 0.151 e. The number of halogens is 2. The van der Waals surface area contributed by atoms with Crippen molar-refractivity contribution in [2.45, 2.75) is 13.8 Å². The van der Waals surface area contributed by atoms with Crippen LogP contribution in [0.4, 0.5) is 8.78 Å². The zero-order valence-electron chi connectivity index (χ0n) is 8.46. The van der Waals surface area contributed by atoms with E-state index in [1.807, 2.05) is 19.9 Å². The molecule has 0 N–H and O–H groups in total. The van der Waals surface area contributed by atoms with Crippen molar-refractivity contribution in [1.29, 1.82) is 0 Å². The van der Waals surface area contributed by atoms with Gasteiger partial charge in [-0.05, 0) is 32.0 Å². The first-order chi connectivity index (χ1) is 7.08. The first-order valence-electron chi connectivity index (χ1n) is 4.56. The van der Waals surface area contributed by atoms with Crippen LogP contribution in [0.25, 0.3) is 5.69 Å². The molecule has 0 bridgehead atoms. The Balaban J connectivity index is 2.59. The summed E-state index contributed by atoms with van der Waals surface area (Å²) in [7, 11) is 0. The van der Waals surface area contributed by atoms with Crippen LogP contribution in [-0.2, 0) is 0 Å². The van der Waals surface area contributed by atoms with Gasteiger partial charge in [0.05, 0.1) is 5.69 Å². The van der Waals surface area contributed by atoms with Gasteiger partial charge in [0.1, 0.15) is 11.5 Å². The Kier molecular flexibility index (Phi) is 2.26. The predicted octanol–water partition coefficient (Wildman–Crippen LogP) is 2.77. The van der Waals surface area contributed by atoms with Crippen LogP contribution in [0.3, 0.4) is 0 Å². The maximum absolute atomic E-state index is 13.4. The van der Waals surface area contributed by atoms with E-state index in [9.17, 15) is 8.78 Å². The Labute approximate surface area is 86.2 Å². The standard InChI is InChI=1S/C11H10F2N2/c1-7-5-8(2)15(14-7)11-4-3-9(12)6-10(11)13/h3-6H,1-2H3. The molecule has 0 saturated carbocycles. The number of hydrogen-bond acceptors (Lipinski definition) is 1. The molecule has 1 aromatic carbocycles. The van der Waals surface area contributed by atoms with Crippen molar-refractivity contribution in [3.8, 4) is 5.69 Å². The van der Waals surface area contributed by atoms with Crippen LogP contribution in [0.15, 0.2) is 24.3 Å². The predicted molar refractivity (Wildman–Crippen MR) is 53.0 cm³/mol. The summed E-state index contributed by atoms with van der Waals surface area (Å²) < 4.78 is 27.6. The molecule has 0 atom stereocenters. The Morgan fingerprint density at radius 1 is 1.13 bits per heavy atom. The molecule has 2 nitrogen and oxygen atoms in total. The van der Waals surface area contributed by atoms with Crippen LogP contribution < -0.4 is 0 Å². The summed E-state index contributed by atoms with van der Waals surface area (Å²) in [6.45, 7) is 3.65. The Morgan fingerprint density at radius 3 is 2.40 bits per heavy atom. The number of aromatic nitrogens is 2. The molecule has 1 heterocycles. The maximum atomic E-state index is 13.4. The van der Waals surface area contributed by atoms with Gasteiger partial charge >= 0.3 is 0 Å². The van der Waals surface area contributed by atoms with Crippen LogP contribution in [0, 0.1) is 25.5 Å². The van der Waals surface area contributed by atoms with Crippen molar-refractivity contribution < 1.29 is 8.78 Å². The van der Waals surface area contributed by atoms with Gasteiger partial charge in [-0.1, -0.05) is 0 Å². The molecule has 4 heteroatoms. The molecule has 0 aliphatic carbocycles. The topological polar surface area (TPSA) is 17.8 Å². The second kappa shape index (κ2) is 3.46. The molecule has 0 spiro atoms. The summed E-state index contributed by atoms with van der Waals surface area (Å²) in [6, 6.07) is 5.29. The Hall–Kier alpha value is -1.71. The minimum atomic E-state index is -0.610. The van der Waals surface area contributed by atoms with Crippen LogP contribution in [0.5, 0.6) is 0 Å². The lowest BCUT2D eigenvalue weighted by molar-refractivity contribution is 0.572. The molecule has 2 rings (SSSR count). The molecular formula is C11H10F2N2. The first kappa shape index (κ1) is 9.83. The lowest BCUT2D eigenvalue weighted by Gasteiger charge is -2.05. The average Bonchev–Trinajstić information content (AvgIpc) is 2.45. The summed E-state index contributed by atoms with van der Waals surface area (Å²) >= 11 is 0. The van der Waals surface area contributed by atoms with Gasteiger partial charge < -0.3 is 0 Å². The molecule has 0 fully saturated rings. The van der Waals surface area contributed by atoms with E-state index in [1.54, 1.807) is 0 Å². The van der Waals surface area contributed by atoms with Crippen molar-refractivity contribution in [2.24, 2.45) is 0 Å². The summed E-state index contributed by atoms with van der Waals surface area (Å²) in [5, 5.41) is 4.13. The molecule has 0 aliphatic rings. The lowest BCUT2D eigenvalue weighted by atomic mass is 10.3. The monoisotopic (exact) mass is 208 g/mol. The van der Waals surface area contributed by atoms with Crippen LogP contribution >= 0.6 is 0 Å². The number of nitrogens with zero attached hydrogens (tertiary/aromatic N) is 2. The summed E-state index contributed by atoms with van der Waals surface area (Å²) in [6.07, 6.45) is 0. The maximum Gasteiger partial charge on any atom is 0.151 e. The molecule has 0 aliphatic heterocycles. The van der Waals surface area contributed by atoms with E-state index in [-0.39, 0.29) is 5.69 Å². The molecule has 0 radical (unpaired) electrons. The second-order valence-corrected chi connectivity index (χ2v) is 3.43. The molecule has 2 aromatic rings. The van der Waals surface area contributed by atoms with Gasteiger partial charge in [0.25, 0.3) is 0 Å². The van der Waals surface area contributed by atoms with E-state index in [2.05, 4.69) is 5.10 Å². The quantitative estimate of drug-likeness (QED) is 0.704. The van der Waals surface area contributed by atoms with E-state index in [4.69, 9.17) is 0 Å². The third-order valence-corrected chi connectivity index (χ3v) is 2.15. The van der Waals surface area contributed by atoms with Crippen molar-refractivity contribution in [3.05, 3.63) is 47.3 Å². The highest BCUT2D eigenvalue weighted by atomic mass is 19.1. The molecule has 0 amide bonds. The fourth-order valence-corrected chi connectivity index (χ4v) is 1.53. The van der Waals surface area contributed by atoms with Crippen LogP contribution in [-0.4, -0.2) is 9.78 Å². The molecule has 1 aromatic heterocycles. The Morgan fingerprint density at radius 2 is 1.87 bits per heavy atom. The zero-order valence-corrected chi connectivity index (χ0v) is 8.46. The summed E-state index contributed by atoms with van der Waals surface area (Å²) in [5.74, 6) is -1.20. The van der Waals surface area contributed by atoms with Crippen LogP contribution in [0.2, 0.25) is 0 Å². The second-order valence-electron chi connectivity index (χ2n) is 3.43. The number of hydrogen-bond donors (Lipinski definition) is 0. The molecule has 78 valence electrons. The van der Waals surface area contributed by atoms with Gasteiger partial charge in [-0.25, -0.2) is 13.5 Å². The third-order valence-electron chi connectivity index (χ3n) is 2.15. The van der Waals surface area contributed by atoms with E-state index in [0.717, 1.165) is 17.5 Å². The molecule has 0 unspecified atom stereocenters. The largest absolute Gasteiger partial charge is 0.235 e. The minimum Gasteiger partial charge on any atom is -0.235 e. The van der Waals surface area contributed by atoms with Crippen molar-refractivity contribution in [2.75, 3.05) is 0 Å².